The van der Waals surface area contributed by atoms with Crippen LogP contribution in [0.4, 0.5) is 0 Å². The van der Waals surface area contributed by atoms with Crippen LogP contribution in [0.3, 0.4) is 0 Å². The molecule has 0 N–H and O–H groups in total. The maximum atomic E-state index is 13.2. The second-order valence-corrected chi connectivity index (χ2v) is 7.54. The largest absolute Gasteiger partial charge is 0.497 e. The van der Waals surface area contributed by atoms with Crippen molar-refractivity contribution in [2.75, 3.05) is 27.4 Å². The normalized spacial score (nSPS) is 10.7. The molecule has 0 aliphatic rings. The molecule has 9 heteroatoms. The first-order valence-electron chi connectivity index (χ1n) is 11.1. The van der Waals surface area contributed by atoms with Crippen molar-refractivity contribution in [2.24, 2.45) is 0 Å². The molecule has 182 valence electrons. The highest BCUT2D eigenvalue weighted by atomic mass is 16.5. The van der Waals surface area contributed by atoms with E-state index in [2.05, 4.69) is 0 Å². The SMILES string of the molecule is COc1ccc(OCCn2c(=O)n(CCOc3ccc(OC)cc3)n(-c3ccccc3)c2=O)cc1. The van der Waals surface area contributed by atoms with Gasteiger partial charge in [-0.2, -0.15) is 4.68 Å². The molecule has 3 aromatic carbocycles. The lowest BCUT2D eigenvalue weighted by atomic mass is 10.3. The number of nitrogens with zero attached hydrogens (tertiary/aromatic N) is 3. The average molecular weight is 478 g/mol. The van der Waals surface area contributed by atoms with Crippen molar-refractivity contribution in [1.82, 2.24) is 13.9 Å². The molecular weight excluding hydrogens is 450 g/mol. The summed E-state index contributed by atoms with van der Waals surface area (Å²) in [5.41, 5.74) is -0.284. The highest BCUT2D eigenvalue weighted by Gasteiger charge is 2.17. The summed E-state index contributed by atoms with van der Waals surface area (Å²) in [6, 6.07) is 23.3. The number of methoxy groups -OCH3 is 2. The minimum atomic E-state index is -0.441. The van der Waals surface area contributed by atoms with Gasteiger partial charge in [-0.15, -0.1) is 0 Å². The highest BCUT2D eigenvalue weighted by molar-refractivity contribution is 5.32. The van der Waals surface area contributed by atoms with Gasteiger partial charge in [0.25, 0.3) is 0 Å². The summed E-state index contributed by atoms with van der Waals surface area (Å²) in [6.07, 6.45) is 0. The van der Waals surface area contributed by atoms with Gasteiger partial charge < -0.3 is 18.9 Å². The van der Waals surface area contributed by atoms with Gasteiger partial charge in [-0.05, 0) is 60.7 Å². The van der Waals surface area contributed by atoms with Gasteiger partial charge in [0, 0.05) is 0 Å². The van der Waals surface area contributed by atoms with Gasteiger partial charge in [0.1, 0.15) is 36.2 Å². The quantitative estimate of drug-likeness (QED) is 0.330. The summed E-state index contributed by atoms with van der Waals surface area (Å²) >= 11 is 0. The zero-order valence-corrected chi connectivity index (χ0v) is 19.6. The number of ether oxygens (including phenoxy) is 4. The maximum absolute atomic E-state index is 13.2. The van der Waals surface area contributed by atoms with E-state index in [1.54, 1.807) is 74.9 Å². The fraction of sp³-hybridized carbons (Fsp3) is 0.231. The van der Waals surface area contributed by atoms with Crippen LogP contribution in [0.25, 0.3) is 5.69 Å². The van der Waals surface area contributed by atoms with E-state index in [0.717, 1.165) is 5.75 Å². The van der Waals surface area contributed by atoms with E-state index in [9.17, 15) is 9.59 Å². The lowest BCUT2D eigenvalue weighted by molar-refractivity contribution is 0.280. The predicted molar refractivity (Wildman–Crippen MR) is 131 cm³/mol. The number of rotatable bonds is 11. The summed E-state index contributed by atoms with van der Waals surface area (Å²) in [5.74, 6) is 2.70. The van der Waals surface area contributed by atoms with Gasteiger partial charge in [-0.3, -0.25) is 0 Å². The van der Waals surface area contributed by atoms with Crippen molar-refractivity contribution in [1.29, 1.82) is 0 Å². The first-order valence-corrected chi connectivity index (χ1v) is 11.1. The molecular formula is C26H27N3O6. The Kier molecular flexibility index (Phi) is 7.57. The molecule has 4 rings (SSSR count). The molecule has 0 aliphatic carbocycles. The zero-order valence-electron chi connectivity index (χ0n) is 19.6. The van der Waals surface area contributed by atoms with Crippen molar-refractivity contribution in [3.05, 3.63) is 99.8 Å². The molecule has 0 aliphatic heterocycles. The summed E-state index contributed by atoms with van der Waals surface area (Å²) in [6.45, 7) is 0.637. The van der Waals surface area contributed by atoms with Crippen LogP contribution in [0.1, 0.15) is 0 Å². The smallest absolute Gasteiger partial charge is 0.352 e. The van der Waals surface area contributed by atoms with Gasteiger partial charge in [0.15, 0.2) is 0 Å². The number of aromatic nitrogens is 3. The maximum Gasteiger partial charge on any atom is 0.352 e. The Morgan fingerprint density at radius 1 is 0.600 bits per heavy atom. The summed E-state index contributed by atoms with van der Waals surface area (Å²) < 4.78 is 25.7. The molecule has 0 unspecified atom stereocenters. The molecule has 0 amide bonds. The molecule has 0 bridgehead atoms. The van der Waals surface area contributed by atoms with E-state index < -0.39 is 11.4 Å². The molecule has 35 heavy (non-hydrogen) atoms. The minimum Gasteiger partial charge on any atom is -0.497 e. The molecule has 1 heterocycles. The lowest BCUT2D eigenvalue weighted by Crippen LogP contribution is -2.31. The van der Waals surface area contributed by atoms with Crippen LogP contribution in [0, 0.1) is 0 Å². The fourth-order valence-electron chi connectivity index (χ4n) is 3.58. The van der Waals surface area contributed by atoms with E-state index >= 15 is 0 Å². The van der Waals surface area contributed by atoms with Gasteiger partial charge in [0.2, 0.25) is 0 Å². The van der Waals surface area contributed by atoms with E-state index in [-0.39, 0.29) is 26.3 Å². The molecule has 4 aromatic rings. The molecule has 1 aromatic heterocycles. The van der Waals surface area contributed by atoms with E-state index in [1.807, 2.05) is 18.2 Å². The molecule has 0 spiro atoms. The van der Waals surface area contributed by atoms with Crippen LogP contribution in [0.15, 0.2) is 88.5 Å². The molecule has 0 saturated carbocycles. The molecule has 0 fully saturated rings. The van der Waals surface area contributed by atoms with Crippen LogP contribution in [0.2, 0.25) is 0 Å². The van der Waals surface area contributed by atoms with Crippen molar-refractivity contribution < 1.29 is 18.9 Å². The van der Waals surface area contributed by atoms with Gasteiger partial charge in [-0.25, -0.2) is 18.8 Å². The third-order valence-electron chi connectivity index (χ3n) is 5.38. The van der Waals surface area contributed by atoms with Crippen LogP contribution in [-0.2, 0) is 13.1 Å². The van der Waals surface area contributed by atoms with Crippen molar-refractivity contribution >= 4 is 0 Å². The van der Waals surface area contributed by atoms with Crippen LogP contribution in [0.5, 0.6) is 23.0 Å². The number of hydrogen-bond acceptors (Lipinski definition) is 6. The van der Waals surface area contributed by atoms with E-state index in [4.69, 9.17) is 18.9 Å². The standard InChI is InChI=1S/C26H27N3O6/c1-32-21-8-12-23(13-9-21)34-18-16-27-25(30)28(29(26(27)31)20-6-4-3-5-7-20)17-19-35-24-14-10-22(33-2)11-15-24/h3-15H,16-19H2,1-2H3. The van der Waals surface area contributed by atoms with Gasteiger partial charge >= 0.3 is 11.4 Å². The van der Waals surface area contributed by atoms with Crippen LogP contribution in [-0.4, -0.2) is 41.4 Å². The van der Waals surface area contributed by atoms with E-state index in [1.165, 1.54) is 13.9 Å². The van der Waals surface area contributed by atoms with Gasteiger partial charge in [0.05, 0.1) is 33.0 Å². The summed E-state index contributed by atoms with van der Waals surface area (Å²) in [4.78, 5) is 26.4. The molecule has 0 saturated heterocycles. The Labute approximate surface area is 202 Å². The van der Waals surface area contributed by atoms with Crippen molar-refractivity contribution in [3.8, 4) is 28.7 Å². The Morgan fingerprint density at radius 2 is 1.09 bits per heavy atom. The highest BCUT2D eigenvalue weighted by Crippen LogP contribution is 2.18. The first-order chi connectivity index (χ1) is 17.1. The monoisotopic (exact) mass is 477 g/mol. The number of benzene rings is 3. The zero-order chi connectivity index (χ0) is 24.6. The van der Waals surface area contributed by atoms with Crippen LogP contribution < -0.4 is 30.3 Å². The topological polar surface area (TPSA) is 85.8 Å². The minimum absolute atomic E-state index is 0.100. The second-order valence-electron chi connectivity index (χ2n) is 7.54. The second kappa shape index (κ2) is 11.1. The molecule has 0 atom stereocenters. The van der Waals surface area contributed by atoms with E-state index in [0.29, 0.717) is 22.9 Å². The Morgan fingerprint density at radius 3 is 1.60 bits per heavy atom. The Bertz CT molecular complexity index is 1340. The third-order valence-corrected chi connectivity index (χ3v) is 5.38. The molecule has 9 nitrogen and oxygen atoms in total. The number of hydrogen-bond donors (Lipinski definition) is 0. The van der Waals surface area contributed by atoms with Crippen molar-refractivity contribution in [3.63, 3.8) is 0 Å². The lowest BCUT2D eigenvalue weighted by Gasteiger charge is -2.11. The van der Waals surface area contributed by atoms with Gasteiger partial charge in [-0.1, -0.05) is 18.2 Å². The number of para-hydroxylation sites is 1. The molecule has 0 radical (unpaired) electrons. The average Bonchev–Trinajstić information content (AvgIpc) is 3.14. The third kappa shape index (κ3) is 5.57. The summed E-state index contributed by atoms with van der Waals surface area (Å²) in [7, 11) is 3.19. The first kappa shape index (κ1) is 23.7. The fourth-order valence-corrected chi connectivity index (χ4v) is 3.58. The Balaban J connectivity index is 1.51. The predicted octanol–water partition coefficient (Wildman–Crippen LogP) is 2.98. The van der Waals surface area contributed by atoms with Crippen LogP contribution >= 0.6 is 0 Å². The Hall–Kier alpha value is -4.40. The summed E-state index contributed by atoms with van der Waals surface area (Å²) in [5, 5.41) is 0. The van der Waals surface area contributed by atoms with Crippen molar-refractivity contribution in [2.45, 2.75) is 13.1 Å².